The van der Waals surface area contributed by atoms with Gasteiger partial charge in [0, 0.05) is 42.0 Å². The van der Waals surface area contributed by atoms with Gasteiger partial charge in [0.25, 0.3) is 0 Å². The van der Waals surface area contributed by atoms with E-state index in [1.165, 1.54) is 31.5 Å². The van der Waals surface area contributed by atoms with Gasteiger partial charge in [0.2, 0.25) is 0 Å². The van der Waals surface area contributed by atoms with Gasteiger partial charge in [-0.3, -0.25) is 4.90 Å². The van der Waals surface area contributed by atoms with Crippen LogP contribution >= 0.6 is 0 Å². The third-order valence-electron chi connectivity index (χ3n) is 5.45. The van der Waals surface area contributed by atoms with E-state index in [9.17, 15) is 5.11 Å². The first-order valence-corrected chi connectivity index (χ1v) is 10.6. The number of aliphatic hydroxyl groups excluding tert-OH is 1. The van der Waals surface area contributed by atoms with Crippen LogP contribution in [0.5, 0.6) is 5.75 Å². The van der Waals surface area contributed by atoms with E-state index in [4.69, 9.17) is 10.5 Å². The molecule has 0 radical (unpaired) electrons. The number of nitrogen functional groups attached to an aromatic ring is 1. The van der Waals surface area contributed by atoms with E-state index in [1.807, 2.05) is 12.1 Å². The van der Waals surface area contributed by atoms with Crippen molar-refractivity contribution < 1.29 is 9.84 Å². The lowest BCUT2D eigenvalue weighted by molar-refractivity contribution is 0.268. The molecule has 1 aromatic carbocycles. The van der Waals surface area contributed by atoms with Gasteiger partial charge in [0.1, 0.15) is 11.6 Å². The summed E-state index contributed by atoms with van der Waals surface area (Å²) in [6.07, 6.45) is 5.14. The summed E-state index contributed by atoms with van der Waals surface area (Å²) >= 11 is 0. The quantitative estimate of drug-likeness (QED) is 0.569. The van der Waals surface area contributed by atoms with Gasteiger partial charge >= 0.3 is 0 Å². The maximum atomic E-state index is 9.56. The van der Waals surface area contributed by atoms with Gasteiger partial charge in [-0.05, 0) is 50.0 Å². The summed E-state index contributed by atoms with van der Waals surface area (Å²) in [6.45, 7) is 5.54. The van der Waals surface area contributed by atoms with Gasteiger partial charge in [0.15, 0.2) is 0 Å². The van der Waals surface area contributed by atoms with E-state index in [1.54, 1.807) is 7.11 Å². The zero-order valence-corrected chi connectivity index (χ0v) is 17.7. The molecule has 0 bridgehead atoms. The standard InChI is InChI=1S/C23H34N4O2/c1-3-6-19(16-28)25-21-13-20(26-23(24)14-21)12-18-8-7-17(11-22(18)29-2)15-27-9-4-5-10-27/h7-8,11,13-14,19,28H,3-6,9-10,12,15-16H2,1-2H3,(H3,24,25,26)/t19-/m1/s1. The second-order valence-corrected chi connectivity index (χ2v) is 7.89. The third-order valence-corrected chi connectivity index (χ3v) is 5.45. The Morgan fingerprint density at radius 2 is 2.03 bits per heavy atom. The van der Waals surface area contributed by atoms with E-state index >= 15 is 0 Å². The summed E-state index contributed by atoms with van der Waals surface area (Å²) in [7, 11) is 1.72. The molecule has 1 saturated heterocycles. The summed E-state index contributed by atoms with van der Waals surface area (Å²) in [4.78, 5) is 6.99. The minimum Gasteiger partial charge on any atom is -0.496 e. The molecule has 6 nitrogen and oxygen atoms in total. The number of likely N-dealkylation sites (tertiary alicyclic amines) is 1. The van der Waals surface area contributed by atoms with Gasteiger partial charge < -0.3 is 20.9 Å². The molecular formula is C23H34N4O2. The number of nitrogens with one attached hydrogen (secondary N) is 1. The first-order valence-electron chi connectivity index (χ1n) is 10.6. The SMILES string of the molecule is CCC[C@H](CO)Nc1cc(N)nc(Cc2ccc(CN3CCCC3)cc2OC)c1. The number of aliphatic hydroxyl groups is 1. The largest absolute Gasteiger partial charge is 0.496 e. The number of benzene rings is 1. The first kappa shape index (κ1) is 21.4. The predicted octanol–water partition coefficient (Wildman–Crippen LogP) is 3.43. The highest BCUT2D eigenvalue weighted by atomic mass is 16.5. The van der Waals surface area contributed by atoms with Crippen LogP contribution in [0.3, 0.4) is 0 Å². The Hall–Kier alpha value is -2.31. The summed E-state index contributed by atoms with van der Waals surface area (Å²) < 4.78 is 5.67. The lowest BCUT2D eigenvalue weighted by Crippen LogP contribution is -2.23. The Morgan fingerprint density at radius 1 is 1.24 bits per heavy atom. The second kappa shape index (κ2) is 10.5. The molecule has 4 N–H and O–H groups in total. The van der Waals surface area contributed by atoms with Gasteiger partial charge in [-0.25, -0.2) is 4.98 Å². The van der Waals surface area contributed by atoms with Crippen molar-refractivity contribution in [1.82, 2.24) is 9.88 Å². The van der Waals surface area contributed by atoms with Crippen molar-refractivity contribution in [1.29, 1.82) is 0 Å². The van der Waals surface area contributed by atoms with Crippen molar-refractivity contribution >= 4 is 11.5 Å². The molecule has 1 aliphatic rings. The summed E-state index contributed by atoms with van der Waals surface area (Å²) in [5, 5.41) is 12.9. The number of hydrogen-bond acceptors (Lipinski definition) is 6. The van der Waals surface area contributed by atoms with Crippen LogP contribution in [-0.2, 0) is 13.0 Å². The number of rotatable bonds is 10. The minimum atomic E-state index is 0.0223. The number of aromatic nitrogens is 1. The molecule has 1 atom stereocenters. The Bertz CT molecular complexity index is 790. The zero-order valence-electron chi connectivity index (χ0n) is 17.7. The Kier molecular flexibility index (Phi) is 7.72. The molecule has 1 fully saturated rings. The lowest BCUT2D eigenvalue weighted by atomic mass is 10.0. The molecule has 0 saturated carbocycles. The maximum absolute atomic E-state index is 9.56. The fourth-order valence-electron chi connectivity index (χ4n) is 4.01. The average Bonchev–Trinajstić information content (AvgIpc) is 3.21. The van der Waals surface area contributed by atoms with Crippen LogP contribution in [0.15, 0.2) is 30.3 Å². The molecule has 3 rings (SSSR count). The van der Waals surface area contributed by atoms with Crippen LogP contribution in [0.25, 0.3) is 0 Å². The van der Waals surface area contributed by atoms with E-state index in [0.29, 0.717) is 12.2 Å². The number of pyridine rings is 1. The van der Waals surface area contributed by atoms with Crippen LogP contribution in [0.2, 0.25) is 0 Å². The first-order chi connectivity index (χ1) is 14.1. The van der Waals surface area contributed by atoms with Crippen LogP contribution < -0.4 is 15.8 Å². The highest BCUT2D eigenvalue weighted by molar-refractivity contribution is 5.53. The van der Waals surface area contributed by atoms with E-state index < -0.39 is 0 Å². The van der Waals surface area contributed by atoms with Crippen LogP contribution in [0, 0.1) is 0 Å². The molecule has 0 amide bonds. The number of methoxy groups -OCH3 is 1. The lowest BCUT2D eigenvalue weighted by Gasteiger charge is -2.18. The number of nitrogens with two attached hydrogens (primary N) is 1. The molecule has 0 unspecified atom stereocenters. The molecular weight excluding hydrogens is 364 g/mol. The smallest absolute Gasteiger partial charge is 0.125 e. The highest BCUT2D eigenvalue weighted by Crippen LogP contribution is 2.26. The minimum absolute atomic E-state index is 0.0223. The maximum Gasteiger partial charge on any atom is 0.125 e. The number of anilines is 2. The summed E-state index contributed by atoms with van der Waals surface area (Å²) in [6, 6.07) is 10.3. The molecule has 0 aliphatic carbocycles. The van der Waals surface area contributed by atoms with Gasteiger partial charge in [0.05, 0.1) is 13.7 Å². The molecule has 29 heavy (non-hydrogen) atoms. The predicted molar refractivity (Wildman–Crippen MR) is 118 cm³/mol. The Labute approximate surface area is 174 Å². The summed E-state index contributed by atoms with van der Waals surface area (Å²) in [5.41, 5.74) is 10.2. The van der Waals surface area contributed by atoms with Gasteiger partial charge in [-0.1, -0.05) is 25.5 Å². The zero-order chi connectivity index (χ0) is 20.6. The fourth-order valence-corrected chi connectivity index (χ4v) is 4.01. The second-order valence-electron chi connectivity index (χ2n) is 7.89. The molecule has 1 aliphatic heterocycles. The van der Waals surface area contributed by atoms with Gasteiger partial charge in [-0.15, -0.1) is 0 Å². The third kappa shape index (κ3) is 6.08. The monoisotopic (exact) mass is 398 g/mol. The molecule has 158 valence electrons. The highest BCUT2D eigenvalue weighted by Gasteiger charge is 2.14. The Morgan fingerprint density at radius 3 is 2.72 bits per heavy atom. The van der Waals surface area contributed by atoms with Crippen LogP contribution in [0.4, 0.5) is 11.5 Å². The van der Waals surface area contributed by atoms with Crippen LogP contribution in [0.1, 0.15) is 49.4 Å². The fraction of sp³-hybridized carbons (Fsp3) is 0.522. The molecule has 2 aromatic rings. The molecule has 0 spiro atoms. The van der Waals surface area contributed by atoms with Crippen molar-refractivity contribution in [2.24, 2.45) is 0 Å². The van der Waals surface area contributed by atoms with Crippen molar-refractivity contribution in [3.05, 3.63) is 47.2 Å². The van der Waals surface area contributed by atoms with E-state index in [0.717, 1.165) is 42.1 Å². The van der Waals surface area contributed by atoms with Gasteiger partial charge in [-0.2, -0.15) is 0 Å². The van der Waals surface area contributed by atoms with Crippen molar-refractivity contribution in [3.8, 4) is 5.75 Å². The Balaban J connectivity index is 1.74. The number of hydrogen-bond donors (Lipinski definition) is 3. The van der Waals surface area contributed by atoms with E-state index in [-0.39, 0.29) is 12.6 Å². The molecule has 1 aromatic heterocycles. The number of ether oxygens (including phenoxy) is 1. The molecule has 2 heterocycles. The van der Waals surface area contributed by atoms with Crippen molar-refractivity contribution in [2.75, 3.05) is 37.9 Å². The molecule has 6 heteroatoms. The number of nitrogens with zero attached hydrogens (tertiary/aromatic N) is 2. The average molecular weight is 399 g/mol. The van der Waals surface area contributed by atoms with E-state index in [2.05, 4.69) is 40.3 Å². The normalized spacial score (nSPS) is 15.4. The summed E-state index contributed by atoms with van der Waals surface area (Å²) in [5.74, 6) is 1.36. The topological polar surface area (TPSA) is 83.6 Å². The van der Waals surface area contributed by atoms with Crippen molar-refractivity contribution in [2.45, 2.75) is 51.6 Å². The van der Waals surface area contributed by atoms with Crippen molar-refractivity contribution in [3.63, 3.8) is 0 Å². The van der Waals surface area contributed by atoms with Crippen LogP contribution in [-0.4, -0.2) is 47.8 Å².